The van der Waals surface area contributed by atoms with Crippen LogP contribution in [0.4, 0.5) is 11.5 Å². The Morgan fingerprint density at radius 1 is 1.24 bits per heavy atom. The van der Waals surface area contributed by atoms with Crippen molar-refractivity contribution >= 4 is 29.7 Å². The minimum atomic E-state index is 0.152. The van der Waals surface area contributed by atoms with Crippen LogP contribution in [-0.4, -0.2) is 39.9 Å². The van der Waals surface area contributed by atoms with Crippen LogP contribution >= 0.6 is 11.8 Å². The zero-order valence-electron chi connectivity index (χ0n) is 16.5. The van der Waals surface area contributed by atoms with Gasteiger partial charge in [-0.3, -0.25) is 4.79 Å². The molecular weight excluding hydrogens is 386 g/mol. The van der Waals surface area contributed by atoms with Gasteiger partial charge >= 0.3 is 0 Å². The first-order valence-electron chi connectivity index (χ1n) is 10.0. The lowest BCUT2D eigenvalue weighted by molar-refractivity contribution is -0.106. The maximum atomic E-state index is 8.87. The molecule has 0 bridgehead atoms. The average Bonchev–Trinajstić information content (AvgIpc) is 3.50. The molecule has 0 atom stereocenters. The van der Waals surface area contributed by atoms with Crippen LogP contribution in [0.3, 0.4) is 0 Å². The van der Waals surface area contributed by atoms with Crippen molar-refractivity contribution in [1.29, 1.82) is 0 Å². The number of hydrogen-bond acceptors (Lipinski definition) is 7. The van der Waals surface area contributed by atoms with E-state index in [1.165, 1.54) is 32.1 Å². The number of amides is 1. The third kappa shape index (κ3) is 5.61. The van der Waals surface area contributed by atoms with Gasteiger partial charge in [-0.15, -0.1) is 11.8 Å². The number of carbonyl (C=O) groups excluding carboxylic acids is 1. The summed E-state index contributed by atoms with van der Waals surface area (Å²) in [6, 6.07) is 10.1. The molecule has 7 nitrogen and oxygen atoms in total. The Kier molecular flexibility index (Phi) is 7.33. The summed E-state index contributed by atoms with van der Waals surface area (Å²) in [5, 5.41) is 13.0. The van der Waals surface area contributed by atoms with E-state index >= 15 is 0 Å². The number of carbonyl (C=O) groups is 1. The van der Waals surface area contributed by atoms with Crippen LogP contribution in [-0.2, 0) is 9.54 Å². The van der Waals surface area contributed by atoms with Gasteiger partial charge in [0.05, 0.1) is 10.4 Å². The molecule has 2 aliphatic carbocycles. The molecule has 0 saturated heterocycles. The molecule has 1 heterocycles. The van der Waals surface area contributed by atoms with Crippen molar-refractivity contribution in [3.8, 4) is 11.4 Å². The smallest absolute Gasteiger partial charge is 0.204 e. The van der Waals surface area contributed by atoms with Gasteiger partial charge in [-0.2, -0.15) is 0 Å². The van der Waals surface area contributed by atoms with E-state index in [9.17, 15) is 0 Å². The molecule has 8 heteroatoms. The van der Waals surface area contributed by atoms with Gasteiger partial charge in [-0.1, -0.05) is 0 Å². The number of primary amides is 1. The van der Waals surface area contributed by atoms with Crippen LogP contribution in [0.15, 0.2) is 30.3 Å². The van der Waals surface area contributed by atoms with Crippen molar-refractivity contribution < 1.29 is 9.90 Å². The minimum Gasteiger partial charge on any atom is -0.396 e. The first-order valence-corrected chi connectivity index (χ1v) is 10.9. The number of nitrogen functional groups attached to an aromatic ring is 1. The van der Waals surface area contributed by atoms with Crippen LogP contribution in [0, 0.1) is 0 Å². The molecule has 0 spiro atoms. The Bertz CT molecular complexity index is 807. The highest BCUT2D eigenvalue weighted by atomic mass is 32.2. The number of thioether (sulfide) groups is 1. The van der Waals surface area contributed by atoms with Gasteiger partial charge < -0.3 is 21.9 Å². The minimum absolute atomic E-state index is 0.152. The Hall–Kier alpha value is -2.32. The second-order valence-corrected chi connectivity index (χ2v) is 9.07. The number of nitrogens with zero attached hydrogens (tertiary/aromatic N) is 2. The van der Waals surface area contributed by atoms with E-state index in [-0.39, 0.29) is 17.8 Å². The molecule has 2 fully saturated rings. The first kappa shape index (κ1) is 21.4. The molecule has 1 amide bonds. The lowest BCUT2D eigenvalue weighted by Crippen LogP contribution is -2.32. The van der Waals surface area contributed by atoms with Gasteiger partial charge in [0.2, 0.25) is 6.41 Å². The Morgan fingerprint density at radius 2 is 1.93 bits per heavy atom. The van der Waals surface area contributed by atoms with Crippen molar-refractivity contribution in [2.45, 2.75) is 48.5 Å². The number of benzene rings is 1. The average molecular weight is 416 g/mol. The molecular formula is C21H29N5O2S. The molecule has 4 rings (SSSR count). The van der Waals surface area contributed by atoms with Gasteiger partial charge in [-0.25, -0.2) is 9.97 Å². The van der Waals surface area contributed by atoms with Crippen molar-refractivity contribution in [2.24, 2.45) is 5.73 Å². The summed E-state index contributed by atoms with van der Waals surface area (Å²) in [4.78, 5) is 18.0. The van der Waals surface area contributed by atoms with Crippen molar-refractivity contribution in [2.75, 3.05) is 24.2 Å². The van der Waals surface area contributed by atoms with Gasteiger partial charge in [0.1, 0.15) is 5.82 Å². The summed E-state index contributed by atoms with van der Waals surface area (Å²) in [6.07, 6.45) is 7.32. The third-order valence-corrected chi connectivity index (χ3v) is 6.97. The standard InChI is InChI=1S/C20H26N4OS.CH3NO/c21-18-13-17(20(9-1-10-20)26-16-7-8-16)23-19(24-18)14-3-5-15(6-4-14)22-11-2-12-25;2-1-3/h3-6,13,16,22,25H,1-2,7-12H2,(H2,21,23,24);1H,(H2,2,3). The highest BCUT2D eigenvalue weighted by molar-refractivity contribution is 8.01. The van der Waals surface area contributed by atoms with Crippen LogP contribution in [0.1, 0.15) is 44.2 Å². The number of hydrogen-bond donors (Lipinski definition) is 4. The lowest BCUT2D eigenvalue weighted by atomic mass is 9.81. The number of aromatic nitrogens is 2. The molecule has 0 unspecified atom stereocenters. The number of rotatable bonds is 8. The SMILES string of the molecule is NC=O.Nc1cc(C2(SC3CC3)CCC2)nc(-c2ccc(NCCCO)cc2)n1. The Morgan fingerprint density at radius 3 is 2.48 bits per heavy atom. The molecule has 156 valence electrons. The molecule has 0 radical (unpaired) electrons. The third-order valence-electron chi connectivity index (χ3n) is 5.10. The zero-order chi connectivity index (χ0) is 20.7. The van der Waals surface area contributed by atoms with Gasteiger partial charge in [0.15, 0.2) is 5.82 Å². The molecule has 0 aliphatic heterocycles. The first-order chi connectivity index (χ1) is 14.1. The predicted octanol–water partition coefficient (Wildman–Crippen LogP) is 2.90. The molecule has 2 aromatic rings. The fourth-order valence-electron chi connectivity index (χ4n) is 3.31. The molecule has 29 heavy (non-hydrogen) atoms. The quantitative estimate of drug-likeness (QED) is 0.385. The van der Waals surface area contributed by atoms with E-state index in [1.807, 2.05) is 30.3 Å². The molecule has 6 N–H and O–H groups in total. The van der Waals surface area contributed by atoms with Crippen LogP contribution in [0.5, 0.6) is 0 Å². The van der Waals surface area contributed by atoms with Crippen molar-refractivity contribution in [3.63, 3.8) is 0 Å². The fourth-order valence-corrected chi connectivity index (χ4v) is 5.07. The number of anilines is 2. The van der Waals surface area contributed by atoms with E-state index < -0.39 is 0 Å². The lowest BCUT2D eigenvalue weighted by Gasteiger charge is -2.41. The van der Waals surface area contributed by atoms with E-state index in [2.05, 4.69) is 27.8 Å². The van der Waals surface area contributed by atoms with Gasteiger partial charge in [0, 0.05) is 35.7 Å². The van der Waals surface area contributed by atoms with Crippen LogP contribution in [0.2, 0.25) is 0 Å². The Balaban J connectivity index is 0.000000755. The summed E-state index contributed by atoms with van der Waals surface area (Å²) in [6.45, 7) is 0.960. The van der Waals surface area contributed by atoms with E-state index in [4.69, 9.17) is 20.6 Å². The van der Waals surface area contributed by atoms with Crippen LogP contribution < -0.4 is 16.8 Å². The van der Waals surface area contributed by atoms with E-state index in [0.29, 0.717) is 11.6 Å². The van der Waals surface area contributed by atoms with Gasteiger partial charge in [0.25, 0.3) is 0 Å². The largest absolute Gasteiger partial charge is 0.396 e. The fraction of sp³-hybridized carbons (Fsp3) is 0.476. The second kappa shape index (κ2) is 9.93. The second-order valence-electron chi connectivity index (χ2n) is 7.38. The normalized spacial score (nSPS) is 16.9. The molecule has 1 aromatic heterocycles. The Labute approximate surface area is 175 Å². The maximum Gasteiger partial charge on any atom is 0.204 e. The number of nitrogens with two attached hydrogens (primary N) is 2. The number of nitrogens with one attached hydrogen (secondary N) is 1. The molecule has 2 aliphatic rings. The highest BCUT2D eigenvalue weighted by Gasteiger charge is 2.45. The predicted molar refractivity (Wildman–Crippen MR) is 118 cm³/mol. The topological polar surface area (TPSA) is 127 Å². The zero-order valence-corrected chi connectivity index (χ0v) is 17.3. The highest BCUT2D eigenvalue weighted by Crippen LogP contribution is 2.57. The van der Waals surface area contributed by atoms with Gasteiger partial charge in [-0.05, 0) is 62.8 Å². The van der Waals surface area contributed by atoms with Crippen LogP contribution in [0.25, 0.3) is 11.4 Å². The van der Waals surface area contributed by atoms with Crippen molar-refractivity contribution in [3.05, 3.63) is 36.0 Å². The summed E-state index contributed by atoms with van der Waals surface area (Å²) in [5.41, 5.74) is 13.4. The van der Waals surface area contributed by atoms with Crippen molar-refractivity contribution in [1.82, 2.24) is 9.97 Å². The molecule has 1 aromatic carbocycles. The van der Waals surface area contributed by atoms with E-state index in [1.54, 1.807) is 0 Å². The van der Waals surface area contributed by atoms with E-state index in [0.717, 1.165) is 35.2 Å². The monoisotopic (exact) mass is 415 g/mol. The maximum absolute atomic E-state index is 8.87. The number of aliphatic hydroxyl groups excluding tert-OH is 1. The summed E-state index contributed by atoms with van der Waals surface area (Å²) < 4.78 is 0.152. The number of aliphatic hydroxyl groups is 1. The summed E-state index contributed by atoms with van der Waals surface area (Å²) >= 11 is 2.10. The summed E-state index contributed by atoms with van der Waals surface area (Å²) in [5.74, 6) is 1.27. The molecule has 2 saturated carbocycles. The summed E-state index contributed by atoms with van der Waals surface area (Å²) in [7, 11) is 0.